The number of carbonyl (C=O) groups is 1. The molecule has 1 aliphatic heterocycles. The molecule has 0 saturated carbocycles. The number of aromatic amines is 2. The number of rotatable bonds is 3. The maximum atomic E-state index is 12.9. The number of hydrogen-bond donors (Lipinski definition) is 2. The molecule has 1 unspecified atom stereocenters. The molecule has 9 nitrogen and oxygen atoms in total. The summed E-state index contributed by atoms with van der Waals surface area (Å²) >= 11 is 0. The molecule has 1 aromatic carbocycles. The number of carbonyl (C=O) groups excluding carboxylic acids is 1. The number of nitrogens with zero attached hydrogens (tertiary/aromatic N) is 5. The monoisotopic (exact) mass is 339 g/mol. The van der Waals surface area contributed by atoms with Crippen molar-refractivity contribution in [1.29, 1.82) is 0 Å². The van der Waals surface area contributed by atoms with E-state index in [9.17, 15) is 9.59 Å². The average Bonchev–Trinajstić information content (AvgIpc) is 3.31. The van der Waals surface area contributed by atoms with Crippen molar-refractivity contribution in [3.8, 4) is 5.69 Å². The maximum Gasteiger partial charge on any atom is 0.340 e. The van der Waals surface area contributed by atoms with Crippen LogP contribution in [0.4, 0.5) is 0 Å². The highest BCUT2D eigenvalue weighted by Crippen LogP contribution is 2.29. The molecule has 0 aliphatic carbocycles. The van der Waals surface area contributed by atoms with Gasteiger partial charge in [-0.05, 0) is 31.4 Å². The molecule has 0 spiro atoms. The van der Waals surface area contributed by atoms with Crippen LogP contribution in [0.15, 0.2) is 41.5 Å². The molecule has 1 aliphatic rings. The van der Waals surface area contributed by atoms with Gasteiger partial charge in [-0.1, -0.05) is 18.2 Å². The van der Waals surface area contributed by atoms with E-state index < -0.39 is 0 Å². The van der Waals surface area contributed by atoms with E-state index in [1.54, 1.807) is 9.58 Å². The van der Waals surface area contributed by atoms with Gasteiger partial charge in [0.15, 0.2) is 5.82 Å². The van der Waals surface area contributed by atoms with Crippen LogP contribution < -0.4 is 5.69 Å². The first-order valence-corrected chi connectivity index (χ1v) is 8.15. The van der Waals surface area contributed by atoms with Gasteiger partial charge in [-0.2, -0.15) is 5.10 Å². The summed E-state index contributed by atoms with van der Waals surface area (Å²) in [4.78, 5) is 32.7. The summed E-state index contributed by atoms with van der Waals surface area (Å²) in [6.07, 6.45) is 4.13. The number of hydrogen-bond acceptors (Lipinski definition) is 5. The Bertz CT molecular complexity index is 927. The number of aromatic nitrogens is 6. The fourth-order valence-corrected chi connectivity index (χ4v) is 3.09. The Labute approximate surface area is 142 Å². The largest absolute Gasteiger partial charge is 0.340 e. The van der Waals surface area contributed by atoms with Gasteiger partial charge in [-0.15, -0.1) is 5.10 Å². The third-order valence-electron chi connectivity index (χ3n) is 4.30. The molecular weight excluding hydrogens is 322 g/mol. The molecule has 0 radical (unpaired) electrons. The lowest BCUT2D eigenvalue weighted by molar-refractivity contribution is 0.0587. The summed E-state index contributed by atoms with van der Waals surface area (Å²) in [5.41, 5.74) is 0.459. The lowest BCUT2D eigenvalue weighted by Gasteiger charge is -2.33. The van der Waals surface area contributed by atoms with Crippen LogP contribution in [0.25, 0.3) is 5.69 Å². The van der Waals surface area contributed by atoms with E-state index in [4.69, 9.17) is 0 Å². The molecule has 4 rings (SSSR count). The SMILES string of the molecule is O=C(c1ncn(-c2ccccc2)n1)N1CCCCC1c1n[nH]c(=O)[nH]1. The topological polar surface area (TPSA) is 113 Å². The van der Waals surface area contributed by atoms with E-state index in [1.807, 2.05) is 30.3 Å². The van der Waals surface area contributed by atoms with Gasteiger partial charge >= 0.3 is 5.69 Å². The highest BCUT2D eigenvalue weighted by atomic mass is 16.2. The zero-order valence-corrected chi connectivity index (χ0v) is 13.4. The van der Waals surface area contributed by atoms with Crippen LogP contribution in [-0.2, 0) is 0 Å². The van der Waals surface area contributed by atoms with Gasteiger partial charge in [0.2, 0.25) is 5.82 Å². The smallest absolute Gasteiger partial charge is 0.326 e. The summed E-state index contributed by atoms with van der Waals surface area (Å²) in [7, 11) is 0. The predicted molar refractivity (Wildman–Crippen MR) is 88.2 cm³/mol. The second kappa shape index (κ2) is 6.34. The number of benzene rings is 1. The average molecular weight is 339 g/mol. The Morgan fingerprint density at radius 2 is 2.04 bits per heavy atom. The van der Waals surface area contributed by atoms with Gasteiger partial charge in [0.1, 0.15) is 6.33 Å². The van der Waals surface area contributed by atoms with E-state index >= 15 is 0 Å². The Morgan fingerprint density at radius 1 is 1.20 bits per heavy atom. The number of likely N-dealkylation sites (tertiary alicyclic amines) is 1. The fourth-order valence-electron chi connectivity index (χ4n) is 3.09. The zero-order chi connectivity index (χ0) is 17.2. The minimum absolute atomic E-state index is 0.133. The molecule has 3 aromatic rings. The minimum Gasteiger partial charge on any atom is -0.326 e. The van der Waals surface area contributed by atoms with Crippen LogP contribution in [0, 0.1) is 0 Å². The van der Waals surface area contributed by atoms with Gasteiger partial charge in [-0.3, -0.25) is 9.78 Å². The van der Waals surface area contributed by atoms with Crippen molar-refractivity contribution in [3.05, 3.63) is 58.8 Å². The van der Waals surface area contributed by atoms with Gasteiger partial charge in [-0.25, -0.2) is 19.6 Å². The van der Waals surface area contributed by atoms with Crippen molar-refractivity contribution in [3.63, 3.8) is 0 Å². The van der Waals surface area contributed by atoms with Crippen molar-refractivity contribution in [2.24, 2.45) is 0 Å². The molecule has 1 atom stereocenters. The Kier molecular flexibility index (Phi) is 3.88. The van der Waals surface area contributed by atoms with E-state index in [0.717, 1.165) is 24.9 Å². The second-order valence-electron chi connectivity index (χ2n) is 5.92. The second-order valence-corrected chi connectivity index (χ2v) is 5.92. The van der Waals surface area contributed by atoms with Gasteiger partial charge in [0.05, 0.1) is 11.7 Å². The molecule has 2 aromatic heterocycles. The quantitative estimate of drug-likeness (QED) is 0.740. The maximum absolute atomic E-state index is 12.9. The van der Waals surface area contributed by atoms with Crippen molar-refractivity contribution in [2.45, 2.75) is 25.3 Å². The number of nitrogens with one attached hydrogen (secondary N) is 2. The molecule has 1 fully saturated rings. The van der Waals surface area contributed by atoms with Crippen LogP contribution in [0.3, 0.4) is 0 Å². The zero-order valence-electron chi connectivity index (χ0n) is 13.4. The Morgan fingerprint density at radius 3 is 2.80 bits per heavy atom. The third kappa shape index (κ3) is 2.95. The number of para-hydroxylation sites is 1. The highest BCUT2D eigenvalue weighted by molar-refractivity contribution is 5.90. The fraction of sp³-hybridized carbons (Fsp3) is 0.312. The first kappa shape index (κ1) is 15.3. The summed E-state index contributed by atoms with van der Waals surface area (Å²) in [6, 6.07) is 9.21. The first-order chi connectivity index (χ1) is 12.2. The van der Waals surface area contributed by atoms with E-state index in [2.05, 4.69) is 25.3 Å². The van der Waals surface area contributed by atoms with Crippen LogP contribution in [-0.4, -0.2) is 47.3 Å². The lowest BCUT2D eigenvalue weighted by Crippen LogP contribution is -2.39. The van der Waals surface area contributed by atoms with E-state index in [0.29, 0.717) is 12.4 Å². The summed E-state index contributed by atoms with van der Waals surface area (Å²) < 4.78 is 1.57. The minimum atomic E-state index is -0.376. The molecule has 3 heterocycles. The van der Waals surface area contributed by atoms with Gasteiger partial charge in [0.25, 0.3) is 5.91 Å². The summed E-state index contributed by atoms with van der Waals surface area (Å²) in [5, 5.41) is 10.6. The van der Waals surface area contributed by atoms with E-state index in [-0.39, 0.29) is 23.5 Å². The molecule has 1 saturated heterocycles. The molecule has 9 heteroatoms. The molecule has 25 heavy (non-hydrogen) atoms. The molecular formula is C16H17N7O2. The molecule has 128 valence electrons. The van der Waals surface area contributed by atoms with Gasteiger partial charge in [0, 0.05) is 6.54 Å². The first-order valence-electron chi connectivity index (χ1n) is 8.15. The predicted octanol–water partition coefficient (Wildman–Crippen LogP) is 1.05. The molecule has 1 amide bonds. The normalized spacial score (nSPS) is 17.6. The molecule has 0 bridgehead atoms. The van der Waals surface area contributed by atoms with Crippen LogP contribution in [0.1, 0.15) is 41.7 Å². The van der Waals surface area contributed by atoms with E-state index in [1.165, 1.54) is 6.33 Å². The van der Waals surface area contributed by atoms with Crippen LogP contribution in [0.5, 0.6) is 0 Å². The molecule has 2 N–H and O–H groups in total. The van der Waals surface area contributed by atoms with Gasteiger partial charge < -0.3 is 4.90 Å². The number of H-pyrrole nitrogens is 2. The number of piperidine rings is 1. The lowest BCUT2D eigenvalue weighted by atomic mass is 10.0. The van der Waals surface area contributed by atoms with Crippen molar-refractivity contribution < 1.29 is 4.79 Å². The van der Waals surface area contributed by atoms with Crippen molar-refractivity contribution >= 4 is 5.91 Å². The highest BCUT2D eigenvalue weighted by Gasteiger charge is 2.32. The van der Waals surface area contributed by atoms with Crippen molar-refractivity contribution in [2.75, 3.05) is 6.54 Å². The standard InChI is InChI=1S/C16H17N7O2/c24-15(14-17-10-23(21-14)11-6-2-1-3-7-11)22-9-5-4-8-12(22)13-18-16(25)20-19-13/h1-3,6-7,10,12H,4-5,8-9H2,(H2,18,19,20,25). The van der Waals surface area contributed by atoms with Crippen LogP contribution >= 0.6 is 0 Å². The number of amides is 1. The Hall–Kier alpha value is -3.23. The Balaban J connectivity index is 1.61. The van der Waals surface area contributed by atoms with Crippen molar-refractivity contribution in [1.82, 2.24) is 34.8 Å². The summed E-state index contributed by atoms with van der Waals surface area (Å²) in [6.45, 7) is 0.582. The third-order valence-corrected chi connectivity index (χ3v) is 4.30. The van der Waals surface area contributed by atoms with Crippen LogP contribution in [0.2, 0.25) is 0 Å². The summed E-state index contributed by atoms with van der Waals surface area (Å²) in [5.74, 6) is 0.345.